The van der Waals surface area contributed by atoms with Crippen molar-refractivity contribution < 1.29 is 9.53 Å². The van der Waals surface area contributed by atoms with E-state index in [9.17, 15) is 4.79 Å². The van der Waals surface area contributed by atoms with Crippen LogP contribution in [0.4, 0.5) is 0 Å². The first-order valence-electron chi connectivity index (χ1n) is 9.05. The van der Waals surface area contributed by atoms with E-state index < -0.39 is 0 Å². The molecule has 148 valence electrons. The van der Waals surface area contributed by atoms with E-state index in [1.54, 1.807) is 7.11 Å². The molecule has 0 aliphatic carbocycles. The van der Waals surface area contributed by atoms with Crippen LogP contribution in [0.1, 0.15) is 48.0 Å². The van der Waals surface area contributed by atoms with Crippen molar-refractivity contribution in [3.8, 4) is 0 Å². The van der Waals surface area contributed by atoms with Gasteiger partial charge in [-0.25, -0.2) is 0 Å². The molecule has 25 heavy (non-hydrogen) atoms. The Balaban J connectivity index is 0.00000576. The molecule has 6 nitrogen and oxygen atoms in total. The summed E-state index contributed by atoms with van der Waals surface area (Å²) in [5.41, 5.74) is 0.0451. The van der Waals surface area contributed by atoms with Gasteiger partial charge in [0.1, 0.15) is 0 Å². The van der Waals surface area contributed by atoms with Crippen molar-refractivity contribution in [1.29, 1.82) is 0 Å². The summed E-state index contributed by atoms with van der Waals surface area (Å²) in [5.74, 6) is 1.08. The number of aliphatic imine (C=N–C) groups is 1. The Hall–Kier alpha value is -0.570. The van der Waals surface area contributed by atoms with Gasteiger partial charge in [-0.1, -0.05) is 34.6 Å². The summed E-state index contributed by atoms with van der Waals surface area (Å²) in [7, 11) is 1.73. The Morgan fingerprint density at radius 2 is 2.00 bits per heavy atom. The first-order chi connectivity index (χ1) is 11.2. The predicted molar refractivity (Wildman–Crippen MR) is 115 cm³/mol. The molecule has 1 aliphatic heterocycles. The summed E-state index contributed by atoms with van der Waals surface area (Å²) in [6, 6.07) is 0.251. The van der Waals surface area contributed by atoms with Crippen LogP contribution >= 0.6 is 24.0 Å². The van der Waals surface area contributed by atoms with Crippen LogP contribution in [0, 0.1) is 11.3 Å². The minimum Gasteiger partial charge on any atom is -0.379 e. The second-order valence-corrected chi connectivity index (χ2v) is 7.88. The van der Waals surface area contributed by atoms with Gasteiger partial charge in [-0.15, -0.1) is 24.0 Å². The monoisotopic (exact) mass is 468 g/mol. The van der Waals surface area contributed by atoms with Gasteiger partial charge in [0, 0.05) is 38.7 Å². The summed E-state index contributed by atoms with van der Waals surface area (Å²) in [5, 5.41) is 6.75. The van der Waals surface area contributed by atoms with Gasteiger partial charge in [-0.05, 0) is 18.8 Å². The number of hydrogen-bond donors (Lipinski definition) is 2. The van der Waals surface area contributed by atoms with E-state index in [0.717, 1.165) is 32.0 Å². The number of guanidine groups is 1. The van der Waals surface area contributed by atoms with Gasteiger partial charge < -0.3 is 20.3 Å². The Kier molecular flexibility index (Phi) is 11.0. The van der Waals surface area contributed by atoms with E-state index in [2.05, 4.69) is 43.3 Å². The van der Waals surface area contributed by atoms with Gasteiger partial charge in [0.05, 0.1) is 12.6 Å². The second kappa shape index (κ2) is 11.2. The second-order valence-electron chi connectivity index (χ2n) is 7.88. The fourth-order valence-electron chi connectivity index (χ4n) is 2.83. The predicted octanol–water partition coefficient (Wildman–Crippen LogP) is 2.48. The number of hydrogen-bond acceptors (Lipinski definition) is 3. The number of carbonyl (C=O) groups is 1. The quantitative estimate of drug-likeness (QED) is 0.357. The third-order valence-corrected chi connectivity index (χ3v) is 4.34. The molecule has 1 saturated heterocycles. The molecule has 0 aromatic rings. The van der Waals surface area contributed by atoms with Crippen molar-refractivity contribution in [3.05, 3.63) is 0 Å². The van der Waals surface area contributed by atoms with Crippen LogP contribution in [0.2, 0.25) is 0 Å². The average Bonchev–Trinajstić information content (AvgIpc) is 2.94. The molecular formula is C18H37IN4O2. The largest absolute Gasteiger partial charge is 0.379 e. The molecule has 1 fully saturated rings. The van der Waals surface area contributed by atoms with E-state index >= 15 is 0 Å². The minimum absolute atomic E-state index is 0. The molecule has 0 bridgehead atoms. The lowest BCUT2D eigenvalue weighted by molar-refractivity contribution is -0.133. The number of nitrogens with zero attached hydrogens (tertiary/aromatic N) is 2. The fraction of sp³-hybridized carbons (Fsp3) is 0.889. The Morgan fingerprint density at radius 3 is 2.48 bits per heavy atom. The number of methoxy groups -OCH3 is 1. The van der Waals surface area contributed by atoms with Gasteiger partial charge in [0.25, 0.3) is 0 Å². The van der Waals surface area contributed by atoms with Crippen LogP contribution in [0.3, 0.4) is 0 Å². The van der Waals surface area contributed by atoms with Crippen molar-refractivity contribution in [2.45, 2.75) is 60.1 Å². The lowest BCUT2D eigenvalue weighted by Crippen LogP contribution is -2.46. The zero-order chi connectivity index (χ0) is 18.3. The highest BCUT2D eigenvalue weighted by Gasteiger charge is 2.28. The Morgan fingerprint density at radius 1 is 1.36 bits per heavy atom. The van der Waals surface area contributed by atoms with Gasteiger partial charge in [-0.2, -0.15) is 0 Å². The van der Waals surface area contributed by atoms with Crippen LogP contribution in [0.5, 0.6) is 0 Å². The summed E-state index contributed by atoms with van der Waals surface area (Å²) >= 11 is 0. The van der Waals surface area contributed by atoms with Crippen molar-refractivity contribution in [2.75, 3.05) is 33.3 Å². The summed E-state index contributed by atoms with van der Waals surface area (Å²) in [4.78, 5) is 18.7. The molecule has 2 atom stereocenters. The highest BCUT2D eigenvalue weighted by atomic mass is 127. The van der Waals surface area contributed by atoms with E-state index in [4.69, 9.17) is 4.74 Å². The number of ether oxygens (including phenoxy) is 1. The van der Waals surface area contributed by atoms with Crippen molar-refractivity contribution in [1.82, 2.24) is 15.5 Å². The molecule has 7 heteroatoms. The first kappa shape index (κ1) is 24.4. The number of rotatable bonds is 6. The van der Waals surface area contributed by atoms with Crippen molar-refractivity contribution in [2.24, 2.45) is 16.3 Å². The fourth-order valence-corrected chi connectivity index (χ4v) is 2.83. The molecule has 2 unspecified atom stereocenters. The van der Waals surface area contributed by atoms with Crippen molar-refractivity contribution >= 4 is 35.8 Å². The Labute approximate surface area is 170 Å². The molecule has 1 rings (SSSR count). The zero-order valence-corrected chi connectivity index (χ0v) is 19.2. The third-order valence-electron chi connectivity index (χ3n) is 4.34. The van der Waals surface area contributed by atoms with Gasteiger partial charge in [0.2, 0.25) is 5.91 Å². The molecule has 0 spiro atoms. The smallest absolute Gasteiger partial charge is 0.225 e. The number of likely N-dealkylation sites (tertiary alicyclic amines) is 1. The lowest BCUT2D eigenvalue weighted by atomic mass is 9.89. The van der Waals surface area contributed by atoms with Gasteiger partial charge in [0.15, 0.2) is 5.96 Å². The summed E-state index contributed by atoms with van der Waals surface area (Å²) in [6.45, 7) is 15.4. The number of carbonyl (C=O) groups excluding carboxylic acids is 1. The van der Waals surface area contributed by atoms with Gasteiger partial charge in [-0.3, -0.25) is 9.79 Å². The first-order valence-corrected chi connectivity index (χ1v) is 9.05. The molecule has 0 saturated carbocycles. The van der Waals surface area contributed by atoms with E-state index in [1.165, 1.54) is 0 Å². The topological polar surface area (TPSA) is 66.0 Å². The van der Waals surface area contributed by atoms with Crippen LogP contribution in [-0.4, -0.2) is 62.2 Å². The molecular weight excluding hydrogens is 431 g/mol. The van der Waals surface area contributed by atoms with Gasteiger partial charge >= 0.3 is 0 Å². The van der Waals surface area contributed by atoms with Crippen LogP contribution in [-0.2, 0) is 9.53 Å². The van der Waals surface area contributed by atoms with Crippen LogP contribution < -0.4 is 10.6 Å². The normalized spacial score (nSPS) is 19.6. The SMILES string of the molecule is CCNC(=NCC(OC)C(C)(C)C)NC1CCN(C(=O)C(C)C)C1.I. The summed E-state index contributed by atoms with van der Waals surface area (Å²) in [6.07, 6.45) is 1.02. The number of amides is 1. The number of nitrogens with one attached hydrogen (secondary N) is 2. The molecule has 0 aromatic heterocycles. The maximum absolute atomic E-state index is 12.1. The zero-order valence-electron chi connectivity index (χ0n) is 16.9. The molecule has 1 aliphatic rings. The lowest BCUT2D eigenvalue weighted by Gasteiger charge is -2.28. The van der Waals surface area contributed by atoms with E-state index in [0.29, 0.717) is 6.54 Å². The Bertz CT molecular complexity index is 435. The number of halogens is 1. The van der Waals surface area contributed by atoms with Crippen molar-refractivity contribution in [3.63, 3.8) is 0 Å². The maximum atomic E-state index is 12.1. The molecule has 1 amide bonds. The van der Waals surface area contributed by atoms with E-state index in [-0.39, 0.29) is 53.4 Å². The van der Waals surface area contributed by atoms with Crippen LogP contribution in [0.25, 0.3) is 0 Å². The van der Waals surface area contributed by atoms with Crippen LogP contribution in [0.15, 0.2) is 4.99 Å². The summed E-state index contributed by atoms with van der Waals surface area (Å²) < 4.78 is 5.57. The maximum Gasteiger partial charge on any atom is 0.225 e. The molecule has 2 N–H and O–H groups in total. The average molecular weight is 468 g/mol. The third kappa shape index (κ3) is 8.11. The van der Waals surface area contributed by atoms with E-state index in [1.807, 2.05) is 18.7 Å². The highest BCUT2D eigenvalue weighted by molar-refractivity contribution is 14.0. The highest BCUT2D eigenvalue weighted by Crippen LogP contribution is 2.21. The molecule has 1 heterocycles. The molecule has 0 radical (unpaired) electrons. The minimum atomic E-state index is 0. The standard InChI is InChI=1S/C18H36N4O2.HI/c1-8-19-17(20-11-15(24-7)18(4,5)6)21-14-9-10-22(12-14)16(23)13(2)3;/h13-15H,8-12H2,1-7H3,(H2,19,20,21);1H. The molecule has 0 aromatic carbocycles.